The second-order valence-electron chi connectivity index (χ2n) is 5.52. The first-order valence-electron chi connectivity index (χ1n) is 8.08. The maximum absolute atomic E-state index is 5.95. The minimum Gasteiger partial charge on any atom is -0.489 e. The summed E-state index contributed by atoms with van der Waals surface area (Å²) in [6.45, 7) is 10.6. The molecule has 0 aliphatic carbocycles. The van der Waals surface area contributed by atoms with Crippen molar-refractivity contribution in [2.75, 3.05) is 50.9 Å². The lowest BCUT2D eigenvalue weighted by atomic mass is 10.2. The van der Waals surface area contributed by atoms with Crippen LogP contribution in [-0.4, -0.2) is 46.0 Å². The van der Waals surface area contributed by atoms with Gasteiger partial charge in [-0.1, -0.05) is 13.0 Å². The molecule has 21 heavy (non-hydrogen) atoms. The largest absolute Gasteiger partial charge is 0.489 e. The van der Waals surface area contributed by atoms with Gasteiger partial charge in [-0.15, -0.1) is 0 Å². The van der Waals surface area contributed by atoms with Gasteiger partial charge in [-0.3, -0.25) is 0 Å². The number of aryl methyl sites for hydroxylation is 1. The number of benzene rings is 1. The third-order valence-corrected chi connectivity index (χ3v) is 3.63. The number of anilines is 1. The summed E-state index contributed by atoms with van der Waals surface area (Å²) >= 11 is 0. The molecule has 0 saturated carbocycles. The average molecular weight is 292 g/mol. The second kappa shape index (κ2) is 8.90. The second-order valence-corrected chi connectivity index (χ2v) is 5.52. The van der Waals surface area contributed by atoms with Gasteiger partial charge in [0.1, 0.15) is 12.4 Å². The van der Waals surface area contributed by atoms with Crippen molar-refractivity contribution < 1.29 is 9.47 Å². The van der Waals surface area contributed by atoms with Crippen LogP contribution < -0.4 is 15.0 Å². The Morgan fingerprint density at radius 2 is 2.05 bits per heavy atom. The lowest BCUT2D eigenvalue weighted by Gasteiger charge is -2.25. The zero-order valence-corrected chi connectivity index (χ0v) is 13.4. The van der Waals surface area contributed by atoms with Crippen molar-refractivity contribution >= 4 is 5.69 Å². The minimum absolute atomic E-state index is 0.613. The van der Waals surface area contributed by atoms with Crippen LogP contribution in [0.15, 0.2) is 18.2 Å². The molecule has 1 heterocycles. The van der Waals surface area contributed by atoms with Gasteiger partial charge in [-0.05, 0) is 44.0 Å². The molecule has 0 spiro atoms. The van der Waals surface area contributed by atoms with Crippen LogP contribution in [0.1, 0.15) is 25.3 Å². The minimum atomic E-state index is 0.613. The van der Waals surface area contributed by atoms with E-state index in [1.54, 1.807) is 0 Å². The first kappa shape index (κ1) is 16.1. The van der Waals surface area contributed by atoms with Gasteiger partial charge in [-0.2, -0.15) is 0 Å². The molecule has 118 valence electrons. The number of hydrogen-bond acceptors (Lipinski definition) is 4. The fourth-order valence-corrected chi connectivity index (χ4v) is 2.54. The summed E-state index contributed by atoms with van der Waals surface area (Å²) < 4.78 is 11.4. The number of nitrogens with zero attached hydrogens (tertiary/aromatic N) is 1. The zero-order chi connectivity index (χ0) is 14.9. The Kier molecular flexibility index (Phi) is 6.83. The summed E-state index contributed by atoms with van der Waals surface area (Å²) in [5, 5.41) is 3.44. The van der Waals surface area contributed by atoms with Crippen molar-refractivity contribution in [3.63, 3.8) is 0 Å². The van der Waals surface area contributed by atoms with E-state index in [9.17, 15) is 0 Å². The molecule has 1 aromatic carbocycles. The monoisotopic (exact) mass is 292 g/mol. The zero-order valence-electron chi connectivity index (χ0n) is 13.4. The van der Waals surface area contributed by atoms with E-state index in [0.717, 1.165) is 45.0 Å². The summed E-state index contributed by atoms with van der Waals surface area (Å²) in [4.78, 5) is 2.43. The molecule has 2 rings (SSSR count). The van der Waals surface area contributed by atoms with Crippen LogP contribution in [0.2, 0.25) is 0 Å². The van der Waals surface area contributed by atoms with Crippen molar-refractivity contribution in [2.45, 2.75) is 26.7 Å². The summed E-state index contributed by atoms with van der Waals surface area (Å²) in [6.07, 6.45) is 2.23. The van der Waals surface area contributed by atoms with Gasteiger partial charge >= 0.3 is 0 Å². The number of rotatable bonds is 7. The Bertz CT molecular complexity index is 415. The van der Waals surface area contributed by atoms with Crippen LogP contribution in [0.4, 0.5) is 5.69 Å². The number of nitrogens with one attached hydrogen (secondary N) is 1. The fraction of sp³-hybridized carbons (Fsp3) is 0.647. The van der Waals surface area contributed by atoms with Crippen molar-refractivity contribution in [2.24, 2.45) is 0 Å². The Hall–Kier alpha value is -1.26. The van der Waals surface area contributed by atoms with Crippen molar-refractivity contribution in [1.82, 2.24) is 5.32 Å². The predicted octanol–water partition coefficient (Wildman–Crippen LogP) is 2.60. The topological polar surface area (TPSA) is 33.7 Å². The maximum atomic E-state index is 5.95. The molecule has 0 aromatic heterocycles. The van der Waals surface area contributed by atoms with Crippen molar-refractivity contribution in [3.8, 4) is 5.75 Å². The molecule has 1 fully saturated rings. The number of hydrogen-bond donors (Lipinski definition) is 1. The Balaban J connectivity index is 1.98. The van der Waals surface area contributed by atoms with E-state index < -0.39 is 0 Å². The highest BCUT2D eigenvalue weighted by molar-refractivity contribution is 5.60. The molecule has 1 aromatic rings. The van der Waals surface area contributed by atoms with Gasteiger partial charge in [0.05, 0.1) is 12.3 Å². The van der Waals surface area contributed by atoms with E-state index in [1.165, 1.54) is 17.7 Å². The Morgan fingerprint density at radius 3 is 2.90 bits per heavy atom. The Morgan fingerprint density at radius 1 is 1.14 bits per heavy atom. The van der Waals surface area contributed by atoms with Crippen LogP contribution in [0.25, 0.3) is 0 Å². The first-order chi connectivity index (χ1) is 10.3. The lowest BCUT2D eigenvalue weighted by Crippen LogP contribution is -2.28. The van der Waals surface area contributed by atoms with Crippen molar-refractivity contribution in [3.05, 3.63) is 23.8 Å². The van der Waals surface area contributed by atoms with Crippen LogP contribution >= 0.6 is 0 Å². The van der Waals surface area contributed by atoms with Crippen LogP contribution in [0.5, 0.6) is 5.75 Å². The van der Waals surface area contributed by atoms with E-state index in [2.05, 4.69) is 42.3 Å². The van der Waals surface area contributed by atoms with E-state index in [0.29, 0.717) is 13.2 Å². The van der Waals surface area contributed by atoms with Gasteiger partial charge in [0.15, 0.2) is 0 Å². The van der Waals surface area contributed by atoms with Gasteiger partial charge in [0.2, 0.25) is 0 Å². The molecule has 0 atom stereocenters. The maximum Gasteiger partial charge on any atom is 0.142 e. The van der Waals surface area contributed by atoms with Gasteiger partial charge in [-0.25, -0.2) is 0 Å². The van der Waals surface area contributed by atoms with E-state index in [4.69, 9.17) is 9.47 Å². The molecular formula is C17H28N2O2. The quantitative estimate of drug-likeness (QED) is 0.783. The molecule has 1 saturated heterocycles. The van der Waals surface area contributed by atoms with Gasteiger partial charge in [0.25, 0.3) is 0 Å². The smallest absolute Gasteiger partial charge is 0.142 e. The van der Waals surface area contributed by atoms with Crippen molar-refractivity contribution in [1.29, 1.82) is 0 Å². The molecule has 4 heteroatoms. The first-order valence-corrected chi connectivity index (χ1v) is 8.08. The summed E-state index contributed by atoms with van der Waals surface area (Å²) in [7, 11) is 0. The molecular weight excluding hydrogens is 264 g/mol. The standard InChI is InChI=1S/C17H28N2O2/c1-3-11-20-12-13-21-17-6-5-15(2)14-16(17)19-9-4-7-18-8-10-19/h5-6,14,18H,3-4,7-13H2,1-2H3. The van der Waals surface area contributed by atoms with E-state index in [1.807, 2.05) is 0 Å². The highest BCUT2D eigenvalue weighted by atomic mass is 16.5. The third kappa shape index (κ3) is 5.21. The van der Waals surface area contributed by atoms with Gasteiger partial charge in [0, 0.05) is 26.2 Å². The SMILES string of the molecule is CCCOCCOc1ccc(C)cc1N1CCCNCC1. The highest BCUT2D eigenvalue weighted by Crippen LogP contribution is 2.30. The predicted molar refractivity (Wildman–Crippen MR) is 87.5 cm³/mol. The Labute approximate surface area is 128 Å². The average Bonchev–Trinajstić information content (AvgIpc) is 2.77. The van der Waals surface area contributed by atoms with Crippen LogP contribution in [0, 0.1) is 6.92 Å². The molecule has 0 unspecified atom stereocenters. The number of ether oxygens (including phenoxy) is 2. The molecule has 0 bridgehead atoms. The molecule has 4 nitrogen and oxygen atoms in total. The summed E-state index contributed by atoms with van der Waals surface area (Å²) in [5.74, 6) is 0.975. The normalized spacial score (nSPS) is 15.8. The van der Waals surface area contributed by atoms with Gasteiger partial charge < -0.3 is 19.7 Å². The highest BCUT2D eigenvalue weighted by Gasteiger charge is 2.14. The van der Waals surface area contributed by atoms with Crippen LogP contribution in [-0.2, 0) is 4.74 Å². The third-order valence-electron chi connectivity index (χ3n) is 3.63. The molecule has 0 radical (unpaired) electrons. The lowest BCUT2D eigenvalue weighted by molar-refractivity contribution is 0.101. The van der Waals surface area contributed by atoms with Crippen LogP contribution in [0.3, 0.4) is 0 Å². The molecule has 1 aliphatic heterocycles. The molecule has 1 aliphatic rings. The molecule has 0 amide bonds. The fourth-order valence-electron chi connectivity index (χ4n) is 2.54. The van der Waals surface area contributed by atoms with E-state index in [-0.39, 0.29) is 0 Å². The van der Waals surface area contributed by atoms with E-state index >= 15 is 0 Å². The molecule has 1 N–H and O–H groups in total. The summed E-state index contributed by atoms with van der Waals surface area (Å²) in [6, 6.07) is 6.43. The summed E-state index contributed by atoms with van der Waals surface area (Å²) in [5.41, 5.74) is 2.49.